The van der Waals surface area contributed by atoms with Crippen molar-refractivity contribution in [2.45, 2.75) is 46.2 Å². The predicted molar refractivity (Wildman–Crippen MR) is 87.6 cm³/mol. The zero-order valence-electron chi connectivity index (χ0n) is 13.8. The number of hydrogen-bond donors (Lipinski definition) is 1. The first-order chi connectivity index (χ1) is 9.92. The molecule has 1 aromatic carbocycles. The highest BCUT2D eigenvalue weighted by Crippen LogP contribution is 2.18. The third-order valence-electron chi connectivity index (χ3n) is 3.34. The van der Waals surface area contributed by atoms with Crippen molar-refractivity contribution >= 4 is 11.7 Å². The second kappa shape index (κ2) is 8.03. The Morgan fingerprint density at radius 3 is 2.38 bits per heavy atom. The number of rotatable bonds is 8. The fourth-order valence-corrected chi connectivity index (χ4v) is 2.50. The molecule has 1 unspecified atom stereocenters. The maximum Gasteiger partial charge on any atom is 0.327 e. The van der Waals surface area contributed by atoms with E-state index in [0.717, 1.165) is 12.2 Å². The molecule has 0 amide bonds. The maximum atomic E-state index is 12.4. The molecule has 0 saturated carbocycles. The van der Waals surface area contributed by atoms with Crippen molar-refractivity contribution in [3.8, 4) is 0 Å². The van der Waals surface area contributed by atoms with E-state index in [1.165, 1.54) is 0 Å². The van der Waals surface area contributed by atoms with Crippen LogP contribution in [-0.4, -0.2) is 37.2 Å². The molecule has 4 heteroatoms. The van der Waals surface area contributed by atoms with Crippen molar-refractivity contribution in [2.75, 3.05) is 24.6 Å². The van der Waals surface area contributed by atoms with E-state index in [-0.39, 0.29) is 12.0 Å². The summed E-state index contributed by atoms with van der Waals surface area (Å²) in [6.07, 6.45) is 0. The highest BCUT2D eigenvalue weighted by atomic mass is 16.5. The normalized spacial score (nSPS) is 13.8. The van der Waals surface area contributed by atoms with Crippen LogP contribution >= 0.6 is 0 Å². The summed E-state index contributed by atoms with van der Waals surface area (Å²) in [5, 5.41) is 3.36. The zero-order chi connectivity index (χ0) is 15.9. The second-order valence-corrected chi connectivity index (χ2v) is 5.70. The number of para-hydroxylation sites is 1. The molecule has 1 rings (SSSR count). The van der Waals surface area contributed by atoms with Gasteiger partial charge in [0.25, 0.3) is 0 Å². The van der Waals surface area contributed by atoms with Gasteiger partial charge in [-0.1, -0.05) is 18.2 Å². The van der Waals surface area contributed by atoms with E-state index in [0.29, 0.717) is 13.2 Å². The SMILES string of the molecule is CCOC(=O)C(C)(CN(CC)c1ccccc1)NC(C)C. The molecule has 21 heavy (non-hydrogen) atoms. The molecule has 0 saturated heterocycles. The standard InChI is InChI=1S/C17H28N2O2/c1-6-19(15-11-9-8-10-12-15)13-17(5,18-14(3)4)16(20)21-7-2/h8-12,14,18H,6-7,13H2,1-5H3. The predicted octanol–water partition coefficient (Wildman–Crippen LogP) is 2.83. The molecular weight excluding hydrogens is 264 g/mol. The van der Waals surface area contributed by atoms with Gasteiger partial charge < -0.3 is 9.64 Å². The number of esters is 1. The number of hydrogen-bond acceptors (Lipinski definition) is 4. The summed E-state index contributed by atoms with van der Waals surface area (Å²) in [5.41, 5.74) is 0.386. The van der Waals surface area contributed by atoms with Gasteiger partial charge in [-0.25, -0.2) is 4.79 Å². The molecular formula is C17H28N2O2. The van der Waals surface area contributed by atoms with Gasteiger partial charge in [0.2, 0.25) is 0 Å². The fraction of sp³-hybridized carbons (Fsp3) is 0.588. The Balaban J connectivity index is 2.95. The van der Waals surface area contributed by atoms with Crippen LogP contribution in [0.1, 0.15) is 34.6 Å². The maximum absolute atomic E-state index is 12.4. The third kappa shape index (κ3) is 5.05. The quantitative estimate of drug-likeness (QED) is 0.748. The van der Waals surface area contributed by atoms with Gasteiger partial charge in [0.05, 0.1) is 6.61 Å². The molecule has 1 atom stereocenters. The second-order valence-electron chi connectivity index (χ2n) is 5.70. The van der Waals surface area contributed by atoms with E-state index < -0.39 is 5.54 Å². The summed E-state index contributed by atoms with van der Waals surface area (Å²) in [6, 6.07) is 10.3. The van der Waals surface area contributed by atoms with E-state index in [4.69, 9.17) is 4.74 Å². The van der Waals surface area contributed by atoms with Gasteiger partial charge in [-0.3, -0.25) is 5.32 Å². The summed E-state index contributed by atoms with van der Waals surface area (Å²) in [6.45, 7) is 11.7. The number of carbonyl (C=O) groups is 1. The average Bonchev–Trinajstić information content (AvgIpc) is 2.45. The van der Waals surface area contributed by atoms with Crippen LogP contribution in [-0.2, 0) is 9.53 Å². The summed E-state index contributed by atoms with van der Waals surface area (Å²) in [4.78, 5) is 14.6. The van der Waals surface area contributed by atoms with Gasteiger partial charge in [0.1, 0.15) is 5.54 Å². The Bertz CT molecular complexity index is 434. The number of nitrogens with one attached hydrogen (secondary N) is 1. The molecule has 0 aromatic heterocycles. The van der Waals surface area contributed by atoms with E-state index in [1.54, 1.807) is 0 Å². The van der Waals surface area contributed by atoms with Gasteiger partial charge in [0.15, 0.2) is 0 Å². The Kier molecular flexibility index (Phi) is 6.69. The highest BCUT2D eigenvalue weighted by Gasteiger charge is 2.37. The Morgan fingerprint density at radius 1 is 1.29 bits per heavy atom. The lowest BCUT2D eigenvalue weighted by Crippen LogP contribution is -2.59. The largest absolute Gasteiger partial charge is 0.465 e. The molecule has 0 aliphatic carbocycles. The van der Waals surface area contributed by atoms with Crippen LogP contribution in [0.4, 0.5) is 5.69 Å². The van der Waals surface area contributed by atoms with Crippen molar-refractivity contribution in [1.29, 1.82) is 0 Å². The number of ether oxygens (including phenoxy) is 1. The van der Waals surface area contributed by atoms with Crippen molar-refractivity contribution in [3.05, 3.63) is 30.3 Å². The molecule has 0 spiro atoms. The molecule has 0 radical (unpaired) electrons. The first kappa shape index (κ1) is 17.5. The average molecular weight is 292 g/mol. The lowest BCUT2D eigenvalue weighted by molar-refractivity contribution is -0.150. The molecule has 0 aliphatic heterocycles. The topological polar surface area (TPSA) is 41.6 Å². The number of nitrogens with zero attached hydrogens (tertiary/aromatic N) is 1. The smallest absolute Gasteiger partial charge is 0.327 e. The van der Waals surface area contributed by atoms with Crippen molar-refractivity contribution in [2.24, 2.45) is 0 Å². The monoisotopic (exact) mass is 292 g/mol. The lowest BCUT2D eigenvalue weighted by Gasteiger charge is -2.36. The zero-order valence-corrected chi connectivity index (χ0v) is 13.8. The minimum atomic E-state index is -0.726. The first-order valence-electron chi connectivity index (χ1n) is 7.67. The van der Waals surface area contributed by atoms with Crippen LogP contribution in [0.15, 0.2) is 30.3 Å². The summed E-state index contributed by atoms with van der Waals surface area (Å²) in [7, 11) is 0. The first-order valence-corrected chi connectivity index (χ1v) is 7.67. The lowest BCUT2D eigenvalue weighted by atomic mass is 10.00. The van der Waals surface area contributed by atoms with Crippen molar-refractivity contribution < 1.29 is 9.53 Å². The van der Waals surface area contributed by atoms with Gasteiger partial charge in [-0.15, -0.1) is 0 Å². The Labute approximate surface area is 128 Å². The van der Waals surface area contributed by atoms with E-state index in [1.807, 2.05) is 45.9 Å². The number of anilines is 1. The van der Waals surface area contributed by atoms with Crippen LogP contribution in [0, 0.1) is 0 Å². The molecule has 1 aromatic rings. The fourth-order valence-electron chi connectivity index (χ4n) is 2.50. The molecule has 0 heterocycles. The summed E-state index contributed by atoms with van der Waals surface area (Å²) >= 11 is 0. The molecule has 118 valence electrons. The minimum absolute atomic E-state index is 0.201. The van der Waals surface area contributed by atoms with Gasteiger partial charge in [0, 0.05) is 24.8 Å². The van der Waals surface area contributed by atoms with Crippen LogP contribution in [0.25, 0.3) is 0 Å². The molecule has 0 bridgehead atoms. The highest BCUT2D eigenvalue weighted by molar-refractivity contribution is 5.81. The van der Waals surface area contributed by atoms with Crippen molar-refractivity contribution in [3.63, 3.8) is 0 Å². The number of likely N-dealkylation sites (N-methyl/N-ethyl adjacent to an activating group) is 1. The molecule has 0 fully saturated rings. The number of benzene rings is 1. The summed E-state index contributed by atoms with van der Waals surface area (Å²) < 4.78 is 5.26. The molecule has 1 N–H and O–H groups in total. The van der Waals surface area contributed by atoms with E-state index in [2.05, 4.69) is 29.3 Å². The van der Waals surface area contributed by atoms with Crippen LogP contribution < -0.4 is 10.2 Å². The van der Waals surface area contributed by atoms with Gasteiger partial charge >= 0.3 is 5.97 Å². The Morgan fingerprint density at radius 2 is 1.90 bits per heavy atom. The van der Waals surface area contributed by atoms with Gasteiger partial charge in [-0.05, 0) is 46.8 Å². The van der Waals surface area contributed by atoms with E-state index >= 15 is 0 Å². The van der Waals surface area contributed by atoms with Crippen LogP contribution in [0.2, 0.25) is 0 Å². The van der Waals surface area contributed by atoms with Crippen LogP contribution in [0.5, 0.6) is 0 Å². The number of carbonyl (C=O) groups excluding carboxylic acids is 1. The van der Waals surface area contributed by atoms with E-state index in [9.17, 15) is 4.79 Å². The van der Waals surface area contributed by atoms with Gasteiger partial charge in [-0.2, -0.15) is 0 Å². The molecule has 0 aliphatic rings. The molecule has 4 nitrogen and oxygen atoms in total. The summed E-state index contributed by atoms with van der Waals surface area (Å²) in [5.74, 6) is -0.201. The minimum Gasteiger partial charge on any atom is -0.465 e. The van der Waals surface area contributed by atoms with Crippen LogP contribution in [0.3, 0.4) is 0 Å². The van der Waals surface area contributed by atoms with Crippen molar-refractivity contribution in [1.82, 2.24) is 5.32 Å². The Hall–Kier alpha value is -1.55. The third-order valence-corrected chi connectivity index (χ3v) is 3.34.